The molecule has 0 radical (unpaired) electrons. The van der Waals surface area contributed by atoms with Gasteiger partial charge in [0, 0.05) is 29.2 Å². The van der Waals surface area contributed by atoms with Gasteiger partial charge in [-0.25, -0.2) is 0 Å². The molecule has 0 saturated heterocycles. The average Bonchev–Trinajstić information content (AvgIpc) is 3.98. The lowest BCUT2D eigenvalue weighted by Crippen LogP contribution is -2.25. The van der Waals surface area contributed by atoms with Crippen molar-refractivity contribution in [2.45, 2.75) is 17.9 Å². The normalized spacial score (nSPS) is 16.7. The number of hydrogen-bond acceptors (Lipinski definition) is 2. The summed E-state index contributed by atoms with van der Waals surface area (Å²) in [5.74, 6) is 0. The number of hydrogen-bond donors (Lipinski definition) is 1. The monoisotopic (exact) mass is 728 g/mol. The highest BCUT2D eigenvalue weighted by Gasteiger charge is 2.51. The van der Waals surface area contributed by atoms with Gasteiger partial charge >= 0.3 is 0 Å². The first-order valence-corrected chi connectivity index (χ1v) is 20.0. The van der Waals surface area contributed by atoms with Crippen LogP contribution < -0.4 is 5.32 Å². The number of para-hydroxylation sites is 1. The van der Waals surface area contributed by atoms with Gasteiger partial charge in [0.25, 0.3) is 0 Å². The third-order valence-electron chi connectivity index (χ3n) is 13.1. The summed E-state index contributed by atoms with van der Waals surface area (Å²) in [6, 6.07) is 54.4. The lowest BCUT2D eigenvalue weighted by atomic mass is 9.70. The van der Waals surface area contributed by atoms with Crippen LogP contribution in [0.25, 0.3) is 72.4 Å². The van der Waals surface area contributed by atoms with Crippen LogP contribution in [0.15, 0.2) is 176 Å². The van der Waals surface area contributed by atoms with Gasteiger partial charge in [-0.05, 0) is 111 Å². The molecule has 4 heterocycles. The molecule has 4 nitrogen and oxygen atoms in total. The zero-order valence-corrected chi connectivity index (χ0v) is 31.2. The number of anilines is 1. The third kappa shape index (κ3) is 4.04. The molecule has 3 aromatic heterocycles. The van der Waals surface area contributed by atoms with E-state index in [4.69, 9.17) is 4.98 Å². The van der Waals surface area contributed by atoms with Crippen LogP contribution in [0, 0.1) is 0 Å². The largest absolute Gasteiger partial charge is 0.379 e. The quantitative estimate of drug-likeness (QED) is 0.197. The Morgan fingerprint density at radius 3 is 2.02 bits per heavy atom. The number of allylic oxidation sites excluding steroid dienone is 4. The molecule has 1 aliphatic heterocycles. The number of pyridine rings is 1. The second-order valence-electron chi connectivity index (χ2n) is 15.8. The van der Waals surface area contributed by atoms with Crippen LogP contribution >= 0.6 is 0 Å². The number of nitrogens with one attached hydrogen (secondary N) is 1. The first-order valence-electron chi connectivity index (χ1n) is 20.0. The Morgan fingerprint density at radius 2 is 1.28 bits per heavy atom. The Hall–Kier alpha value is -7.17. The molecule has 0 unspecified atom stereocenters. The molecular weight excluding hydrogens is 693 g/mol. The van der Waals surface area contributed by atoms with Gasteiger partial charge in [-0.2, -0.15) is 0 Å². The third-order valence-corrected chi connectivity index (χ3v) is 13.1. The van der Waals surface area contributed by atoms with Crippen molar-refractivity contribution in [3.05, 3.63) is 210 Å². The second-order valence-corrected chi connectivity index (χ2v) is 15.8. The van der Waals surface area contributed by atoms with Crippen molar-refractivity contribution in [2.75, 3.05) is 11.9 Å². The van der Waals surface area contributed by atoms with E-state index in [1.165, 1.54) is 100 Å². The minimum atomic E-state index is -0.386. The summed E-state index contributed by atoms with van der Waals surface area (Å²) in [5.41, 5.74) is 21.1. The summed E-state index contributed by atoms with van der Waals surface area (Å²) in [7, 11) is 0. The van der Waals surface area contributed by atoms with E-state index >= 15 is 0 Å². The maximum Gasteiger partial charge on any atom is 0.0960 e. The van der Waals surface area contributed by atoms with Gasteiger partial charge in [0.1, 0.15) is 0 Å². The van der Waals surface area contributed by atoms with Gasteiger partial charge in [0.15, 0.2) is 0 Å². The molecule has 3 aliphatic carbocycles. The van der Waals surface area contributed by atoms with Crippen LogP contribution in [0.4, 0.5) is 5.69 Å². The Balaban J connectivity index is 0.928. The molecule has 1 atom stereocenters. The first kappa shape index (κ1) is 31.1. The molecule has 57 heavy (non-hydrogen) atoms. The van der Waals surface area contributed by atoms with Crippen LogP contribution in [0.3, 0.4) is 0 Å². The fourth-order valence-electron chi connectivity index (χ4n) is 10.8. The average molecular weight is 729 g/mol. The topological polar surface area (TPSA) is 34.8 Å². The fraction of sp³-hybridized carbons (Fsp3) is 0.0755. The van der Waals surface area contributed by atoms with Crippen molar-refractivity contribution in [1.82, 2.24) is 14.1 Å². The van der Waals surface area contributed by atoms with Gasteiger partial charge in [0.05, 0.1) is 44.9 Å². The molecule has 4 heteroatoms. The molecule has 6 aromatic carbocycles. The zero-order valence-electron chi connectivity index (χ0n) is 31.2. The highest BCUT2D eigenvalue weighted by Crippen LogP contribution is 2.63. The van der Waals surface area contributed by atoms with Crippen LogP contribution in [0.1, 0.15) is 46.0 Å². The minimum Gasteiger partial charge on any atom is -0.379 e. The molecule has 9 aromatic rings. The van der Waals surface area contributed by atoms with E-state index in [0.717, 1.165) is 18.5 Å². The van der Waals surface area contributed by atoms with Gasteiger partial charge < -0.3 is 14.5 Å². The number of rotatable bonds is 3. The summed E-state index contributed by atoms with van der Waals surface area (Å²) >= 11 is 0. The first-order chi connectivity index (χ1) is 28.3. The van der Waals surface area contributed by atoms with Crippen molar-refractivity contribution in [3.8, 4) is 27.9 Å². The summed E-state index contributed by atoms with van der Waals surface area (Å²) in [4.78, 5) is 5.03. The molecule has 268 valence electrons. The van der Waals surface area contributed by atoms with E-state index in [2.05, 4.69) is 190 Å². The second kappa shape index (κ2) is 11.4. The Morgan fingerprint density at radius 1 is 0.596 bits per heavy atom. The van der Waals surface area contributed by atoms with Crippen LogP contribution in [-0.2, 0) is 5.41 Å². The Bertz CT molecular complexity index is 3230. The molecule has 13 rings (SSSR count). The Labute approximate surface area is 330 Å². The van der Waals surface area contributed by atoms with E-state index in [-0.39, 0.29) is 11.5 Å². The Kier molecular flexibility index (Phi) is 6.24. The van der Waals surface area contributed by atoms with Crippen molar-refractivity contribution >= 4 is 50.2 Å². The highest BCUT2D eigenvalue weighted by molar-refractivity contribution is 6.10. The maximum absolute atomic E-state index is 5.03. The van der Waals surface area contributed by atoms with E-state index in [1.807, 2.05) is 6.20 Å². The molecule has 0 bridgehead atoms. The number of benzene rings is 6. The maximum atomic E-state index is 5.03. The molecular formula is C53H36N4. The van der Waals surface area contributed by atoms with Gasteiger partial charge in [-0.15, -0.1) is 0 Å². The lowest BCUT2D eigenvalue weighted by Gasteiger charge is -2.30. The van der Waals surface area contributed by atoms with E-state index in [9.17, 15) is 0 Å². The van der Waals surface area contributed by atoms with Gasteiger partial charge in [-0.1, -0.05) is 127 Å². The molecule has 0 saturated carbocycles. The van der Waals surface area contributed by atoms with Crippen molar-refractivity contribution < 1.29 is 0 Å². The number of aromatic nitrogens is 3. The van der Waals surface area contributed by atoms with Crippen LogP contribution in [-0.4, -0.2) is 20.7 Å². The molecule has 1 spiro atoms. The van der Waals surface area contributed by atoms with E-state index in [1.54, 1.807) is 0 Å². The fourth-order valence-corrected chi connectivity index (χ4v) is 10.8. The summed E-state index contributed by atoms with van der Waals surface area (Å²) < 4.78 is 4.92. The van der Waals surface area contributed by atoms with Gasteiger partial charge in [-0.3, -0.25) is 4.98 Å². The predicted octanol–water partition coefficient (Wildman–Crippen LogP) is 12.5. The van der Waals surface area contributed by atoms with Crippen molar-refractivity contribution in [3.63, 3.8) is 0 Å². The molecule has 1 N–H and O–H groups in total. The minimum absolute atomic E-state index is 0.148. The van der Waals surface area contributed by atoms with Crippen molar-refractivity contribution in [1.29, 1.82) is 0 Å². The van der Waals surface area contributed by atoms with Crippen LogP contribution in [0.2, 0.25) is 0 Å². The van der Waals surface area contributed by atoms with Gasteiger partial charge in [0.2, 0.25) is 0 Å². The number of nitrogens with zero attached hydrogens (tertiary/aromatic N) is 3. The SMILES string of the molecule is C1=Cc2c(c3ccccc3n2-c2ccc(C3=CC[C@@H](n4c5cc6c(cc5c5ncccc54)-c4ccccc4C64c5ccccc5-c5ccccc54)C=C3)cc2)NC1. The molecule has 0 amide bonds. The summed E-state index contributed by atoms with van der Waals surface area (Å²) in [5, 5.41) is 6.07. The molecule has 4 aliphatic rings. The van der Waals surface area contributed by atoms with Crippen LogP contribution in [0.5, 0.6) is 0 Å². The van der Waals surface area contributed by atoms with E-state index < -0.39 is 0 Å². The zero-order chi connectivity index (χ0) is 37.2. The summed E-state index contributed by atoms with van der Waals surface area (Å²) in [6.45, 7) is 0.854. The smallest absolute Gasteiger partial charge is 0.0960 e. The summed E-state index contributed by atoms with van der Waals surface area (Å²) in [6.07, 6.45) is 14.4. The number of fused-ring (bicyclic) bond motifs is 16. The van der Waals surface area contributed by atoms with E-state index in [0.29, 0.717) is 0 Å². The van der Waals surface area contributed by atoms with Crippen molar-refractivity contribution in [2.24, 2.45) is 0 Å². The predicted molar refractivity (Wildman–Crippen MR) is 235 cm³/mol. The standard InChI is InChI=1S/C53H36N4/c1-5-15-43-37(11-1)38-12-2-6-16-44(38)53(43)45-17-7-3-13-39(45)41-31-42-50(32-46(41)53)57(49-20-10-30-55-52(42)49)36-27-23-34(24-28-36)33-21-25-35(26-22-33)56-47-18-8-4-14-40(47)51-48(56)19-9-29-54-51/h1-27,30-32,36,54H,28-29H2/t36-/m0/s1. The molecule has 0 fully saturated rings. The highest BCUT2D eigenvalue weighted by atomic mass is 15.0. The lowest BCUT2D eigenvalue weighted by molar-refractivity contribution is 0.648.